The Labute approximate surface area is 147 Å². The minimum absolute atomic E-state index is 0.133. The Kier molecular flexibility index (Phi) is 6.09. The van der Waals surface area contributed by atoms with E-state index in [1.807, 2.05) is 20.8 Å². The molecule has 1 amide bonds. The summed E-state index contributed by atoms with van der Waals surface area (Å²) < 4.78 is 6.48. The third-order valence-electron chi connectivity index (χ3n) is 3.78. The lowest BCUT2D eigenvalue weighted by Gasteiger charge is -2.24. The highest BCUT2D eigenvalue weighted by atomic mass is 79.9. The number of rotatable bonds is 6. The lowest BCUT2D eigenvalue weighted by atomic mass is 10.1. The van der Waals surface area contributed by atoms with Crippen LogP contribution in [0.1, 0.15) is 44.7 Å². The summed E-state index contributed by atoms with van der Waals surface area (Å²) in [5.41, 5.74) is 2.00. The molecule has 1 unspecified atom stereocenters. The summed E-state index contributed by atoms with van der Waals surface area (Å²) >= 11 is 3.60. The molecule has 0 saturated heterocycles. The molecule has 1 aliphatic rings. The van der Waals surface area contributed by atoms with Crippen LogP contribution in [0.2, 0.25) is 0 Å². The summed E-state index contributed by atoms with van der Waals surface area (Å²) in [4.78, 5) is 12.0. The van der Waals surface area contributed by atoms with Crippen molar-refractivity contribution in [2.45, 2.75) is 58.7 Å². The molecule has 23 heavy (non-hydrogen) atoms. The van der Waals surface area contributed by atoms with Crippen molar-refractivity contribution < 1.29 is 9.53 Å². The minimum atomic E-state index is -0.460. The number of carbonyl (C=O) groups excluding carboxylic acids is 1. The number of halogens is 1. The molecule has 2 rings (SSSR count). The summed E-state index contributed by atoms with van der Waals surface area (Å²) in [5, 5.41) is 6.46. The number of amides is 1. The van der Waals surface area contributed by atoms with E-state index in [0.29, 0.717) is 5.92 Å². The zero-order valence-corrected chi connectivity index (χ0v) is 16.0. The van der Waals surface area contributed by atoms with Crippen molar-refractivity contribution in [3.05, 3.63) is 33.8 Å². The SMILES string of the molecule is Cc1ccc(CNCC(NC(=O)OC(C)(C)C)C2CC2)c(Br)c1. The van der Waals surface area contributed by atoms with Crippen molar-refractivity contribution in [3.8, 4) is 0 Å². The Hall–Kier alpha value is -1.07. The maximum Gasteiger partial charge on any atom is 0.407 e. The molecular weight excluding hydrogens is 356 g/mol. The van der Waals surface area contributed by atoms with Gasteiger partial charge in [0, 0.05) is 23.6 Å². The Balaban J connectivity index is 1.82. The van der Waals surface area contributed by atoms with Gasteiger partial charge in [-0.1, -0.05) is 28.1 Å². The molecule has 1 atom stereocenters. The molecule has 128 valence electrons. The van der Waals surface area contributed by atoms with Crippen LogP contribution in [0.15, 0.2) is 22.7 Å². The lowest BCUT2D eigenvalue weighted by molar-refractivity contribution is 0.0497. The number of carbonyl (C=O) groups is 1. The zero-order chi connectivity index (χ0) is 17.0. The number of ether oxygens (including phenoxy) is 1. The van der Waals surface area contributed by atoms with E-state index in [4.69, 9.17) is 4.74 Å². The first-order valence-corrected chi connectivity index (χ1v) is 8.99. The molecule has 5 heteroatoms. The summed E-state index contributed by atoms with van der Waals surface area (Å²) in [6.07, 6.45) is 2.03. The molecule has 0 aromatic heterocycles. The molecule has 0 heterocycles. The molecule has 1 aliphatic carbocycles. The zero-order valence-electron chi connectivity index (χ0n) is 14.4. The smallest absolute Gasteiger partial charge is 0.407 e. The molecule has 1 saturated carbocycles. The van der Waals surface area contributed by atoms with Crippen LogP contribution in [0, 0.1) is 12.8 Å². The van der Waals surface area contributed by atoms with Crippen molar-refractivity contribution in [2.24, 2.45) is 5.92 Å². The fraction of sp³-hybridized carbons (Fsp3) is 0.611. The molecular formula is C18H27BrN2O2. The second-order valence-corrected chi connectivity index (χ2v) is 8.17. The average molecular weight is 383 g/mol. The molecule has 0 aliphatic heterocycles. The summed E-state index contributed by atoms with van der Waals surface area (Å²) in [6.45, 7) is 9.25. The largest absolute Gasteiger partial charge is 0.444 e. The fourth-order valence-electron chi connectivity index (χ4n) is 2.45. The van der Waals surface area contributed by atoms with E-state index in [0.717, 1.165) is 17.6 Å². The van der Waals surface area contributed by atoms with Gasteiger partial charge in [-0.25, -0.2) is 4.79 Å². The highest BCUT2D eigenvalue weighted by Gasteiger charge is 2.33. The third kappa shape index (κ3) is 6.51. The molecule has 2 N–H and O–H groups in total. The van der Waals surface area contributed by atoms with E-state index in [-0.39, 0.29) is 12.1 Å². The van der Waals surface area contributed by atoms with Gasteiger partial charge in [0.25, 0.3) is 0 Å². The van der Waals surface area contributed by atoms with Gasteiger partial charge in [-0.15, -0.1) is 0 Å². The maximum atomic E-state index is 12.0. The van der Waals surface area contributed by atoms with Crippen LogP contribution < -0.4 is 10.6 Å². The molecule has 0 radical (unpaired) electrons. The van der Waals surface area contributed by atoms with Crippen molar-refractivity contribution >= 4 is 22.0 Å². The number of hydrogen-bond acceptors (Lipinski definition) is 3. The molecule has 0 bridgehead atoms. The van der Waals surface area contributed by atoms with E-state index in [1.54, 1.807) is 0 Å². The Bertz CT molecular complexity index is 550. The Morgan fingerprint density at radius 3 is 2.65 bits per heavy atom. The second-order valence-electron chi connectivity index (χ2n) is 7.32. The van der Waals surface area contributed by atoms with E-state index in [2.05, 4.69) is 51.7 Å². The van der Waals surface area contributed by atoms with Gasteiger partial charge in [-0.05, 0) is 63.6 Å². The van der Waals surface area contributed by atoms with Crippen LogP contribution in [-0.4, -0.2) is 24.3 Å². The lowest BCUT2D eigenvalue weighted by Crippen LogP contribution is -2.45. The van der Waals surface area contributed by atoms with Gasteiger partial charge in [0.1, 0.15) is 5.60 Å². The van der Waals surface area contributed by atoms with Crippen molar-refractivity contribution in [1.29, 1.82) is 0 Å². The third-order valence-corrected chi connectivity index (χ3v) is 4.52. The number of alkyl carbamates (subject to hydrolysis) is 1. The molecule has 1 aromatic rings. The summed E-state index contributed by atoms with van der Waals surface area (Å²) in [6, 6.07) is 6.49. The van der Waals surface area contributed by atoms with E-state index in [1.165, 1.54) is 24.0 Å². The first-order valence-electron chi connectivity index (χ1n) is 8.20. The van der Waals surface area contributed by atoms with Gasteiger partial charge >= 0.3 is 6.09 Å². The van der Waals surface area contributed by atoms with Crippen molar-refractivity contribution in [3.63, 3.8) is 0 Å². The van der Waals surface area contributed by atoms with Gasteiger partial charge < -0.3 is 15.4 Å². The highest BCUT2D eigenvalue weighted by Crippen LogP contribution is 2.32. The van der Waals surface area contributed by atoms with Gasteiger partial charge in [0.2, 0.25) is 0 Å². The van der Waals surface area contributed by atoms with Gasteiger partial charge in [-0.2, -0.15) is 0 Å². The van der Waals surface area contributed by atoms with Crippen molar-refractivity contribution in [2.75, 3.05) is 6.54 Å². The normalized spacial score (nSPS) is 16.0. The molecule has 1 fully saturated rings. The number of aryl methyl sites for hydroxylation is 1. The fourth-order valence-corrected chi connectivity index (χ4v) is 3.08. The van der Waals surface area contributed by atoms with Crippen LogP contribution >= 0.6 is 15.9 Å². The van der Waals surface area contributed by atoms with Crippen LogP contribution in [0.5, 0.6) is 0 Å². The summed E-state index contributed by atoms with van der Waals surface area (Å²) in [7, 11) is 0. The first kappa shape index (κ1) is 18.3. The van der Waals surface area contributed by atoms with E-state index in [9.17, 15) is 4.79 Å². The second kappa shape index (κ2) is 7.67. The minimum Gasteiger partial charge on any atom is -0.444 e. The topological polar surface area (TPSA) is 50.4 Å². The Morgan fingerprint density at radius 2 is 2.09 bits per heavy atom. The Morgan fingerprint density at radius 1 is 1.39 bits per heavy atom. The predicted molar refractivity (Wildman–Crippen MR) is 96.5 cm³/mol. The van der Waals surface area contributed by atoms with Crippen LogP contribution in [-0.2, 0) is 11.3 Å². The number of nitrogens with one attached hydrogen (secondary N) is 2. The van der Waals surface area contributed by atoms with Gasteiger partial charge in [-0.3, -0.25) is 0 Å². The first-order chi connectivity index (χ1) is 10.7. The quantitative estimate of drug-likeness (QED) is 0.776. The van der Waals surface area contributed by atoms with Crippen LogP contribution in [0.25, 0.3) is 0 Å². The van der Waals surface area contributed by atoms with Gasteiger partial charge in [0.15, 0.2) is 0 Å². The predicted octanol–water partition coefficient (Wildman–Crippen LogP) is 4.15. The number of benzene rings is 1. The van der Waals surface area contributed by atoms with E-state index >= 15 is 0 Å². The molecule has 0 spiro atoms. The summed E-state index contributed by atoms with van der Waals surface area (Å²) in [5.74, 6) is 0.566. The van der Waals surface area contributed by atoms with Crippen LogP contribution in [0.3, 0.4) is 0 Å². The highest BCUT2D eigenvalue weighted by molar-refractivity contribution is 9.10. The van der Waals surface area contributed by atoms with Crippen LogP contribution in [0.4, 0.5) is 4.79 Å². The standard InChI is InChI=1S/C18H27BrN2O2/c1-12-5-6-14(15(19)9-12)10-20-11-16(13-7-8-13)21-17(22)23-18(2,3)4/h5-6,9,13,16,20H,7-8,10-11H2,1-4H3,(H,21,22). The molecule has 4 nitrogen and oxygen atoms in total. The van der Waals surface area contributed by atoms with Gasteiger partial charge in [0.05, 0.1) is 0 Å². The van der Waals surface area contributed by atoms with Crippen molar-refractivity contribution in [1.82, 2.24) is 10.6 Å². The maximum absolute atomic E-state index is 12.0. The monoisotopic (exact) mass is 382 g/mol. The molecule has 1 aromatic carbocycles. The van der Waals surface area contributed by atoms with E-state index < -0.39 is 5.60 Å². The average Bonchev–Trinajstić information content (AvgIpc) is 3.22. The number of hydrogen-bond donors (Lipinski definition) is 2.